The Morgan fingerprint density at radius 3 is 2.53 bits per heavy atom. The van der Waals surface area contributed by atoms with E-state index in [1.165, 1.54) is 6.42 Å². The molecule has 1 rings (SSSR count). The van der Waals surface area contributed by atoms with E-state index in [1.54, 1.807) is 0 Å². The van der Waals surface area contributed by atoms with E-state index in [9.17, 15) is 4.79 Å². The summed E-state index contributed by atoms with van der Waals surface area (Å²) in [5.74, 6) is 1.55. The monoisotopic (exact) mass is 268 g/mol. The van der Waals surface area contributed by atoms with Gasteiger partial charge in [0.05, 0.1) is 0 Å². The first-order valence-corrected chi connectivity index (χ1v) is 7.83. The number of carbonyl (C=O) groups excluding carboxylic acids is 1. The molecule has 0 saturated carbocycles. The van der Waals surface area contributed by atoms with E-state index in [2.05, 4.69) is 32.6 Å². The fourth-order valence-electron chi connectivity index (χ4n) is 3.13. The molecule has 1 aliphatic heterocycles. The van der Waals surface area contributed by atoms with Gasteiger partial charge in [-0.05, 0) is 49.5 Å². The number of likely N-dealkylation sites (tertiary alicyclic amines) is 1. The van der Waals surface area contributed by atoms with Gasteiger partial charge in [0.1, 0.15) is 0 Å². The summed E-state index contributed by atoms with van der Waals surface area (Å²) in [7, 11) is 0. The normalized spacial score (nSPS) is 20.6. The van der Waals surface area contributed by atoms with E-state index in [1.807, 2.05) is 0 Å². The standard InChI is InChI=1S/C16H32N2O/c1-13(2)14(8-10-17)6-7-15(19)18-11-5-9-16(3,4)12-18/h13-14H,5-12,17H2,1-4H3. The summed E-state index contributed by atoms with van der Waals surface area (Å²) >= 11 is 0. The van der Waals surface area contributed by atoms with Crippen molar-refractivity contribution in [2.24, 2.45) is 23.0 Å². The molecule has 0 aromatic rings. The molecule has 0 spiro atoms. The van der Waals surface area contributed by atoms with E-state index >= 15 is 0 Å². The van der Waals surface area contributed by atoms with Gasteiger partial charge in [0.15, 0.2) is 0 Å². The molecule has 1 saturated heterocycles. The van der Waals surface area contributed by atoms with Crippen LogP contribution in [-0.4, -0.2) is 30.4 Å². The Labute approximate surface area is 118 Å². The minimum atomic E-state index is 0.294. The van der Waals surface area contributed by atoms with Crippen LogP contribution in [0.5, 0.6) is 0 Å². The maximum absolute atomic E-state index is 12.3. The molecule has 1 amide bonds. The minimum absolute atomic E-state index is 0.294. The van der Waals surface area contributed by atoms with Crippen molar-refractivity contribution in [1.29, 1.82) is 0 Å². The quantitative estimate of drug-likeness (QED) is 0.805. The first kappa shape index (κ1) is 16.5. The third-order valence-corrected chi connectivity index (χ3v) is 4.46. The van der Waals surface area contributed by atoms with Crippen molar-refractivity contribution in [3.63, 3.8) is 0 Å². The van der Waals surface area contributed by atoms with Crippen molar-refractivity contribution in [1.82, 2.24) is 4.90 Å². The highest BCUT2D eigenvalue weighted by Crippen LogP contribution is 2.29. The van der Waals surface area contributed by atoms with Crippen molar-refractivity contribution in [2.75, 3.05) is 19.6 Å². The number of hydrogen-bond acceptors (Lipinski definition) is 2. The maximum atomic E-state index is 12.3. The van der Waals surface area contributed by atoms with Gasteiger partial charge in [-0.15, -0.1) is 0 Å². The van der Waals surface area contributed by atoms with Gasteiger partial charge < -0.3 is 10.6 Å². The second kappa shape index (κ2) is 7.28. The highest BCUT2D eigenvalue weighted by molar-refractivity contribution is 5.76. The van der Waals surface area contributed by atoms with Crippen LogP contribution in [0.2, 0.25) is 0 Å². The van der Waals surface area contributed by atoms with E-state index < -0.39 is 0 Å². The number of nitrogens with zero attached hydrogens (tertiary/aromatic N) is 1. The van der Waals surface area contributed by atoms with Crippen LogP contribution in [0.25, 0.3) is 0 Å². The third-order valence-electron chi connectivity index (χ3n) is 4.46. The Bertz CT molecular complexity index is 286. The van der Waals surface area contributed by atoms with Gasteiger partial charge in [-0.1, -0.05) is 27.7 Å². The first-order valence-electron chi connectivity index (χ1n) is 7.83. The lowest BCUT2D eigenvalue weighted by Gasteiger charge is -2.38. The van der Waals surface area contributed by atoms with Crippen molar-refractivity contribution >= 4 is 5.91 Å². The summed E-state index contributed by atoms with van der Waals surface area (Å²) in [6.45, 7) is 11.6. The molecule has 0 aromatic heterocycles. The Balaban J connectivity index is 2.41. The van der Waals surface area contributed by atoms with Crippen LogP contribution in [0.3, 0.4) is 0 Å². The van der Waals surface area contributed by atoms with Gasteiger partial charge in [-0.25, -0.2) is 0 Å². The van der Waals surface area contributed by atoms with E-state index in [-0.39, 0.29) is 0 Å². The average Bonchev–Trinajstić information content (AvgIpc) is 2.32. The molecule has 19 heavy (non-hydrogen) atoms. The van der Waals surface area contributed by atoms with E-state index in [4.69, 9.17) is 5.73 Å². The van der Waals surface area contributed by atoms with Gasteiger partial charge in [0, 0.05) is 19.5 Å². The number of piperidine rings is 1. The third kappa shape index (κ3) is 5.52. The number of carbonyl (C=O) groups is 1. The predicted molar refractivity (Wildman–Crippen MR) is 80.8 cm³/mol. The topological polar surface area (TPSA) is 46.3 Å². The Morgan fingerprint density at radius 2 is 2.00 bits per heavy atom. The molecule has 1 heterocycles. The fourth-order valence-corrected chi connectivity index (χ4v) is 3.13. The molecule has 2 N–H and O–H groups in total. The highest BCUT2D eigenvalue weighted by atomic mass is 16.2. The lowest BCUT2D eigenvalue weighted by Crippen LogP contribution is -2.43. The number of hydrogen-bond donors (Lipinski definition) is 1. The number of nitrogens with two attached hydrogens (primary N) is 1. The van der Waals surface area contributed by atoms with Gasteiger partial charge >= 0.3 is 0 Å². The lowest BCUT2D eigenvalue weighted by atomic mass is 9.83. The Kier molecular flexibility index (Phi) is 6.31. The number of amides is 1. The molecule has 1 fully saturated rings. The zero-order valence-electron chi connectivity index (χ0n) is 13.2. The molecule has 112 valence electrons. The molecule has 3 heteroatoms. The number of rotatable bonds is 6. The Morgan fingerprint density at radius 1 is 1.32 bits per heavy atom. The summed E-state index contributed by atoms with van der Waals surface area (Å²) in [5.41, 5.74) is 5.95. The van der Waals surface area contributed by atoms with Crippen LogP contribution in [-0.2, 0) is 4.79 Å². The summed E-state index contributed by atoms with van der Waals surface area (Å²) < 4.78 is 0. The van der Waals surface area contributed by atoms with Crippen LogP contribution in [0.1, 0.15) is 59.8 Å². The fraction of sp³-hybridized carbons (Fsp3) is 0.938. The molecular weight excluding hydrogens is 236 g/mol. The SMILES string of the molecule is CC(C)C(CCN)CCC(=O)N1CCCC(C)(C)C1. The van der Waals surface area contributed by atoms with Crippen LogP contribution in [0, 0.1) is 17.3 Å². The first-order chi connectivity index (χ1) is 8.85. The largest absolute Gasteiger partial charge is 0.342 e. The van der Waals surface area contributed by atoms with E-state index in [0.717, 1.165) is 38.9 Å². The van der Waals surface area contributed by atoms with Crippen LogP contribution >= 0.6 is 0 Å². The zero-order chi connectivity index (χ0) is 14.5. The molecule has 0 aliphatic carbocycles. The average molecular weight is 268 g/mol. The molecule has 0 bridgehead atoms. The van der Waals surface area contributed by atoms with Gasteiger partial charge in [0.25, 0.3) is 0 Å². The smallest absolute Gasteiger partial charge is 0.222 e. The van der Waals surface area contributed by atoms with Crippen molar-refractivity contribution < 1.29 is 4.79 Å². The molecule has 1 aliphatic rings. The van der Waals surface area contributed by atoms with Crippen LogP contribution in [0.4, 0.5) is 0 Å². The molecular formula is C16H32N2O. The lowest BCUT2D eigenvalue weighted by molar-refractivity contribution is -0.134. The molecule has 3 nitrogen and oxygen atoms in total. The molecule has 0 aromatic carbocycles. The van der Waals surface area contributed by atoms with Crippen LogP contribution in [0.15, 0.2) is 0 Å². The van der Waals surface area contributed by atoms with Crippen molar-refractivity contribution in [3.05, 3.63) is 0 Å². The molecule has 1 unspecified atom stereocenters. The second-order valence-corrected chi connectivity index (χ2v) is 7.20. The highest BCUT2D eigenvalue weighted by Gasteiger charge is 2.29. The summed E-state index contributed by atoms with van der Waals surface area (Å²) in [5, 5.41) is 0. The molecule has 1 atom stereocenters. The minimum Gasteiger partial charge on any atom is -0.342 e. The summed E-state index contributed by atoms with van der Waals surface area (Å²) in [4.78, 5) is 14.4. The van der Waals surface area contributed by atoms with Crippen LogP contribution < -0.4 is 5.73 Å². The second-order valence-electron chi connectivity index (χ2n) is 7.20. The van der Waals surface area contributed by atoms with Crippen molar-refractivity contribution in [3.8, 4) is 0 Å². The maximum Gasteiger partial charge on any atom is 0.222 e. The Hall–Kier alpha value is -0.570. The van der Waals surface area contributed by atoms with Gasteiger partial charge in [-0.3, -0.25) is 4.79 Å². The summed E-state index contributed by atoms with van der Waals surface area (Å²) in [6, 6.07) is 0. The zero-order valence-corrected chi connectivity index (χ0v) is 13.2. The van der Waals surface area contributed by atoms with Gasteiger partial charge in [0.2, 0.25) is 5.91 Å². The molecule has 0 radical (unpaired) electrons. The van der Waals surface area contributed by atoms with Gasteiger partial charge in [-0.2, -0.15) is 0 Å². The van der Waals surface area contributed by atoms with E-state index in [0.29, 0.717) is 29.6 Å². The predicted octanol–water partition coefficient (Wildman–Crippen LogP) is 3.04. The summed E-state index contributed by atoms with van der Waals surface area (Å²) in [6.07, 6.45) is 5.10. The van der Waals surface area contributed by atoms with Crippen molar-refractivity contribution in [2.45, 2.75) is 59.8 Å².